The second-order valence-corrected chi connectivity index (χ2v) is 2.72. The maximum Gasteiger partial charge on any atom is 0.325 e. The average molecular weight is 192 g/mol. The molecule has 12 heavy (non-hydrogen) atoms. The van der Waals surface area contributed by atoms with E-state index in [1.54, 1.807) is 0 Å². The Labute approximate surface area is 75.7 Å². The van der Waals surface area contributed by atoms with Gasteiger partial charge in [0.1, 0.15) is 6.04 Å². The van der Waals surface area contributed by atoms with E-state index in [0.717, 1.165) is 0 Å². The van der Waals surface area contributed by atoms with Crippen LogP contribution in [0.15, 0.2) is 0 Å². The highest BCUT2D eigenvalue weighted by molar-refractivity contribution is 7.80. The lowest BCUT2D eigenvalue weighted by atomic mass is 10.3. The van der Waals surface area contributed by atoms with Gasteiger partial charge in [-0.25, -0.2) is 0 Å². The summed E-state index contributed by atoms with van der Waals surface area (Å²) in [6.45, 7) is 1.37. The molecule has 0 rings (SSSR count). The predicted octanol–water partition coefficient (Wildman–Crippen LogP) is -1.17. The molecule has 0 aromatic heterocycles. The Balaban J connectivity index is 3.92. The van der Waals surface area contributed by atoms with Gasteiger partial charge in [0.2, 0.25) is 5.91 Å². The number of nitrogens with one attached hydrogen (secondary N) is 1. The number of carbonyl (C=O) groups is 2. The molecule has 0 fully saturated rings. The number of carbonyl (C=O) groups excluding carboxylic acids is 1. The lowest BCUT2D eigenvalue weighted by Gasteiger charge is -2.12. The SMILES string of the molecule is C[C@H](NC(=O)[C@@H](N)CS)C(=O)O. The number of carboxylic acid groups (broad SMARTS) is 1. The summed E-state index contributed by atoms with van der Waals surface area (Å²) in [6.07, 6.45) is 0. The van der Waals surface area contributed by atoms with E-state index in [1.165, 1.54) is 6.92 Å². The van der Waals surface area contributed by atoms with Gasteiger partial charge in [-0.15, -0.1) is 0 Å². The van der Waals surface area contributed by atoms with Crippen LogP contribution >= 0.6 is 12.6 Å². The van der Waals surface area contributed by atoms with Crippen molar-refractivity contribution in [2.45, 2.75) is 19.0 Å². The van der Waals surface area contributed by atoms with E-state index >= 15 is 0 Å². The molecule has 0 saturated heterocycles. The molecule has 5 nitrogen and oxygen atoms in total. The maximum absolute atomic E-state index is 10.9. The summed E-state index contributed by atoms with van der Waals surface area (Å²) in [5.41, 5.74) is 5.28. The third-order valence-electron chi connectivity index (χ3n) is 1.26. The third kappa shape index (κ3) is 3.59. The molecule has 0 saturated carbocycles. The Morgan fingerprint density at radius 1 is 1.67 bits per heavy atom. The van der Waals surface area contributed by atoms with Gasteiger partial charge >= 0.3 is 5.97 Å². The van der Waals surface area contributed by atoms with E-state index in [1.807, 2.05) is 0 Å². The second kappa shape index (κ2) is 5.00. The molecule has 4 N–H and O–H groups in total. The molecule has 0 aliphatic heterocycles. The number of hydrogen-bond donors (Lipinski definition) is 4. The first-order chi connectivity index (χ1) is 5.49. The van der Waals surface area contributed by atoms with E-state index in [2.05, 4.69) is 17.9 Å². The lowest BCUT2D eigenvalue weighted by molar-refractivity contribution is -0.141. The molecular formula is C6H12N2O3S. The Kier molecular flexibility index (Phi) is 4.68. The Hall–Kier alpha value is -0.750. The zero-order chi connectivity index (χ0) is 9.72. The zero-order valence-corrected chi connectivity index (χ0v) is 7.54. The fourth-order valence-corrected chi connectivity index (χ4v) is 0.631. The molecule has 0 aromatic carbocycles. The quantitative estimate of drug-likeness (QED) is 0.422. The number of aliphatic carboxylic acids is 1. The Morgan fingerprint density at radius 2 is 2.17 bits per heavy atom. The van der Waals surface area contributed by atoms with Crippen LogP contribution in [0.3, 0.4) is 0 Å². The van der Waals surface area contributed by atoms with Gasteiger partial charge in [-0.1, -0.05) is 0 Å². The summed E-state index contributed by atoms with van der Waals surface area (Å²) >= 11 is 3.80. The summed E-state index contributed by atoms with van der Waals surface area (Å²) in [5.74, 6) is -1.40. The minimum absolute atomic E-state index is 0.193. The highest BCUT2D eigenvalue weighted by Gasteiger charge is 2.17. The van der Waals surface area contributed by atoms with Crippen molar-refractivity contribution >= 4 is 24.5 Å². The van der Waals surface area contributed by atoms with Crippen LogP contribution in [0.5, 0.6) is 0 Å². The van der Waals surface area contributed by atoms with Crippen molar-refractivity contribution in [1.82, 2.24) is 5.32 Å². The molecule has 70 valence electrons. The molecule has 0 radical (unpaired) electrons. The van der Waals surface area contributed by atoms with E-state index < -0.39 is 24.0 Å². The van der Waals surface area contributed by atoms with Gasteiger partial charge in [-0.2, -0.15) is 12.6 Å². The van der Waals surface area contributed by atoms with Crippen molar-refractivity contribution in [1.29, 1.82) is 0 Å². The lowest BCUT2D eigenvalue weighted by Crippen LogP contribution is -2.47. The number of nitrogens with two attached hydrogens (primary N) is 1. The molecule has 0 aliphatic carbocycles. The highest BCUT2D eigenvalue weighted by Crippen LogP contribution is 1.86. The average Bonchev–Trinajstić information content (AvgIpc) is 2.02. The highest BCUT2D eigenvalue weighted by atomic mass is 32.1. The van der Waals surface area contributed by atoms with Gasteiger partial charge in [-0.05, 0) is 6.92 Å². The molecule has 0 heterocycles. The number of hydrogen-bond acceptors (Lipinski definition) is 4. The first-order valence-corrected chi connectivity index (χ1v) is 4.02. The molecule has 0 aromatic rings. The molecule has 6 heteroatoms. The van der Waals surface area contributed by atoms with Crippen LogP contribution < -0.4 is 11.1 Å². The van der Waals surface area contributed by atoms with Gasteiger partial charge in [-0.3, -0.25) is 9.59 Å². The normalized spacial score (nSPS) is 14.9. The van der Waals surface area contributed by atoms with Gasteiger partial charge in [0.05, 0.1) is 6.04 Å². The second-order valence-electron chi connectivity index (χ2n) is 2.36. The summed E-state index contributed by atoms with van der Waals surface area (Å²) < 4.78 is 0. The zero-order valence-electron chi connectivity index (χ0n) is 6.65. The standard InChI is InChI=1S/C6H12N2O3S/c1-3(6(10)11)8-5(9)4(7)2-12/h3-4,12H,2,7H2,1H3,(H,8,9)(H,10,11)/t3-,4-/m0/s1. The number of amides is 1. The number of carboxylic acids is 1. The minimum atomic E-state index is -1.09. The molecule has 0 bridgehead atoms. The van der Waals surface area contributed by atoms with Crippen LogP contribution in [-0.4, -0.2) is 34.8 Å². The van der Waals surface area contributed by atoms with Gasteiger partial charge in [0.15, 0.2) is 0 Å². The Morgan fingerprint density at radius 3 is 2.50 bits per heavy atom. The van der Waals surface area contributed by atoms with E-state index in [4.69, 9.17) is 10.8 Å². The molecule has 0 aliphatic rings. The van der Waals surface area contributed by atoms with Crippen molar-refractivity contribution < 1.29 is 14.7 Å². The van der Waals surface area contributed by atoms with Crippen molar-refractivity contribution in [3.05, 3.63) is 0 Å². The topological polar surface area (TPSA) is 92.4 Å². The molecule has 0 unspecified atom stereocenters. The van der Waals surface area contributed by atoms with Crippen molar-refractivity contribution in [3.63, 3.8) is 0 Å². The number of thiol groups is 1. The van der Waals surface area contributed by atoms with E-state index in [9.17, 15) is 9.59 Å². The van der Waals surface area contributed by atoms with E-state index in [0.29, 0.717) is 0 Å². The smallest absolute Gasteiger partial charge is 0.325 e. The monoisotopic (exact) mass is 192 g/mol. The maximum atomic E-state index is 10.9. The largest absolute Gasteiger partial charge is 0.480 e. The number of rotatable bonds is 4. The van der Waals surface area contributed by atoms with Gasteiger partial charge in [0, 0.05) is 5.75 Å². The van der Waals surface area contributed by atoms with Crippen LogP contribution in [-0.2, 0) is 9.59 Å². The molecule has 0 spiro atoms. The van der Waals surface area contributed by atoms with Crippen LogP contribution in [0.1, 0.15) is 6.92 Å². The van der Waals surface area contributed by atoms with Crippen molar-refractivity contribution in [2.24, 2.45) is 5.73 Å². The summed E-state index contributed by atoms with van der Waals surface area (Å²) in [5, 5.41) is 10.6. The van der Waals surface area contributed by atoms with Crippen molar-refractivity contribution in [2.75, 3.05) is 5.75 Å². The fourth-order valence-electron chi connectivity index (χ4n) is 0.465. The van der Waals surface area contributed by atoms with Crippen molar-refractivity contribution in [3.8, 4) is 0 Å². The first kappa shape index (κ1) is 11.2. The summed E-state index contributed by atoms with van der Waals surface area (Å²) in [7, 11) is 0. The molecular weight excluding hydrogens is 180 g/mol. The minimum Gasteiger partial charge on any atom is -0.480 e. The van der Waals surface area contributed by atoms with Gasteiger partial charge < -0.3 is 16.2 Å². The van der Waals surface area contributed by atoms with Crippen LogP contribution in [0.4, 0.5) is 0 Å². The molecule has 2 atom stereocenters. The van der Waals surface area contributed by atoms with Crippen LogP contribution in [0, 0.1) is 0 Å². The summed E-state index contributed by atoms with van der Waals surface area (Å²) in [4.78, 5) is 21.2. The molecule has 1 amide bonds. The summed E-state index contributed by atoms with van der Waals surface area (Å²) in [6, 6.07) is -1.67. The fraction of sp³-hybridized carbons (Fsp3) is 0.667. The van der Waals surface area contributed by atoms with Crippen LogP contribution in [0.25, 0.3) is 0 Å². The predicted molar refractivity (Wildman–Crippen MR) is 47.1 cm³/mol. The van der Waals surface area contributed by atoms with Crippen LogP contribution in [0.2, 0.25) is 0 Å². The van der Waals surface area contributed by atoms with E-state index in [-0.39, 0.29) is 5.75 Å². The first-order valence-electron chi connectivity index (χ1n) is 3.38. The third-order valence-corrected chi connectivity index (χ3v) is 1.66. The Bertz CT molecular complexity index is 186. The van der Waals surface area contributed by atoms with Gasteiger partial charge in [0.25, 0.3) is 0 Å².